The van der Waals surface area contributed by atoms with Crippen LogP contribution < -0.4 is 5.73 Å². The smallest absolute Gasteiger partial charge is 0.244 e. The molecule has 126 valence electrons. The fourth-order valence-corrected chi connectivity index (χ4v) is 3.12. The highest BCUT2D eigenvalue weighted by Gasteiger charge is 2.40. The zero-order chi connectivity index (χ0) is 16.5. The molecule has 1 aliphatic heterocycles. The Hall–Kier alpha value is -2.48. The summed E-state index contributed by atoms with van der Waals surface area (Å²) in [6.45, 7) is 1.21. The van der Waals surface area contributed by atoms with Crippen molar-refractivity contribution < 1.29 is 9.53 Å². The Kier molecular flexibility index (Phi) is 3.89. The lowest BCUT2D eigenvalue weighted by atomic mass is 10.0. The monoisotopic (exact) mass is 328 g/mol. The van der Waals surface area contributed by atoms with E-state index in [0.29, 0.717) is 19.0 Å². The third kappa shape index (κ3) is 3.09. The number of hydrogen-bond acceptors (Lipinski definition) is 6. The summed E-state index contributed by atoms with van der Waals surface area (Å²) in [5, 5.41) is 10.8. The quantitative estimate of drug-likeness (QED) is 0.884. The molecule has 0 radical (unpaired) electrons. The van der Waals surface area contributed by atoms with Gasteiger partial charge in [-0.05, 0) is 34.7 Å². The second-order valence-electron chi connectivity index (χ2n) is 6.40. The Labute approximate surface area is 139 Å². The van der Waals surface area contributed by atoms with Gasteiger partial charge in [-0.3, -0.25) is 4.79 Å². The van der Waals surface area contributed by atoms with Gasteiger partial charge in [-0.1, -0.05) is 35.4 Å². The number of ether oxygens (including phenoxy) is 1. The highest BCUT2D eigenvalue weighted by molar-refractivity contribution is 5.76. The molecule has 1 saturated heterocycles. The second kappa shape index (κ2) is 6.20. The molecule has 1 saturated carbocycles. The van der Waals surface area contributed by atoms with Crippen molar-refractivity contribution in [3.05, 3.63) is 35.9 Å². The van der Waals surface area contributed by atoms with E-state index in [1.165, 1.54) is 17.5 Å². The first-order valence-corrected chi connectivity index (χ1v) is 8.20. The minimum atomic E-state index is -0.0966. The Bertz CT molecular complexity index is 714. The number of rotatable bonds is 4. The van der Waals surface area contributed by atoms with Crippen molar-refractivity contribution in [1.29, 1.82) is 0 Å². The number of nitrogen functional groups attached to an aromatic ring is 1. The minimum Gasteiger partial charge on any atom is -0.367 e. The Morgan fingerprint density at radius 3 is 2.71 bits per heavy atom. The third-order valence-electron chi connectivity index (χ3n) is 4.64. The molecule has 0 spiro atoms. The first-order chi connectivity index (χ1) is 11.7. The van der Waals surface area contributed by atoms with Crippen molar-refractivity contribution >= 4 is 11.9 Å². The second-order valence-corrected chi connectivity index (χ2v) is 6.40. The third-order valence-corrected chi connectivity index (χ3v) is 4.64. The molecule has 1 aromatic heterocycles. The Morgan fingerprint density at radius 1 is 1.25 bits per heavy atom. The fourth-order valence-electron chi connectivity index (χ4n) is 3.12. The van der Waals surface area contributed by atoms with Crippen molar-refractivity contribution in [3.63, 3.8) is 0 Å². The molecule has 2 fully saturated rings. The molecule has 1 aliphatic carbocycles. The Morgan fingerprint density at radius 2 is 2.04 bits per heavy atom. The van der Waals surface area contributed by atoms with Gasteiger partial charge < -0.3 is 15.4 Å². The summed E-state index contributed by atoms with van der Waals surface area (Å²) in [6.07, 6.45) is 2.35. The van der Waals surface area contributed by atoms with Crippen molar-refractivity contribution in [2.75, 3.05) is 18.8 Å². The van der Waals surface area contributed by atoms with Gasteiger partial charge in [-0.25, -0.2) is 4.68 Å². The molecule has 24 heavy (non-hydrogen) atoms. The fraction of sp³-hybridized carbons (Fsp3) is 0.500. The van der Waals surface area contributed by atoms with Gasteiger partial charge in [-0.15, -0.1) is 0 Å². The van der Waals surface area contributed by atoms with E-state index < -0.39 is 0 Å². The first-order valence-electron chi connectivity index (χ1n) is 8.20. The molecule has 1 aromatic carbocycles. The van der Waals surface area contributed by atoms with Crippen LogP contribution in [0.4, 0.5) is 5.95 Å². The molecule has 4 rings (SSSR count). The highest BCUT2D eigenvalue weighted by atomic mass is 16.5. The molecule has 2 N–H and O–H groups in total. The lowest BCUT2D eigenvalue weighted by Crippen LogP contribution is -2.48. The average Bonchev–Trinajstić information content (AvgIpc) is 3.39. The molecule has 2 atom stereocenters. The topological polar surface area (TPSA) is 99.2 Å². The van der Waals surface area contributed by atoms with Gasteiger partial charge in [0.2, 0.25) is 11.9 Å². The predicted molar refractivity (Wildman–Crippen MR) is 85.6 cm³/mol. The van der Waals surface area contributed by atoms with E-state index >= 15 is 0 Å². The van der Waals surface area contributed by atoms with Crippen LogP contribution in [0.5, 0.6) is 0 Å². The van der Waals surface area contributed by atoms with E-state index in [1.807, 2.05) is 35.2 Å². The first kappa shape index (κ1) is 15.1. The number of aromatic nitrogens is 4. The maximum Gasteiger partial charge on any atom is 0.244 e. The van der Waals surface area contributed by atoms with Crippen LogP contribution in [0.3, 0.4) is 0 Å². The largest absolute Gasteiger partial charge is 0.367 e. The van der Waals surface area contributed by atoms with Crippen LogP contribution in [0.25, 0.3) is 0 Å². The predicted octanol–water partition coefficient (Wildman–Crippen LogP) is 0.634. The van der Waals surface area contributed by atoms with Crippen LogP contribution in [0.2, 0.25) is 0 Å². The van der Waals surface area contributed by atoms with Gasteiger partial charge >= 0.3 is 0 Å². The van der Waals surface area contributed by atoms with Crippen LogP contribution in [0.15, 0.2) is 30.3 Å². The minimum absolute atomic E-state index is 0.0381. The van der Waals surface area contributed by atoms with Crippen LogP contribution in [-0.2, 0) is 16.1 Å². The van der Waals surface area contributed by atoms with Gasteiger partial charge in [0.1, 0.15) is 12.6 Å². The van der Waals surface area contributed by atoms with E-state index in [4.69, 9.17) is 10.5 Å². The molecule has 8 nitrogen and oxygen atoms in total. The van der Waals surface area contributed by atoms with Crippen LogP contribution in [-0.4, -0.2) is 50.2 Å². The summed E-state index contributed by atoms with van der Waals surface area (Å²) in [6, 6.07) is 10.1. The molecular weight excluding hydrogens is 308 g/mol. The summed E-state index contributed by atoms with van der Waals surface area (Å²) < 4.78 is 7.59. The Balaban J connectivity index is 1.51. The summed E-state index contributed by atoms with van der Waals surface area (Å²) in [5.41, 5.74) is 6.75. The van der Waals surface area contributed by atoms with Crippen molar-refractivity contribution in [2.24, 2.45) is 5.92 Å². The van der Waals surface area contributed by atoms with E-state index in [9.17, 15) is 4.79 Å². The SMILES string of the molecule is Nc1nnnn1CC(=O)N1C[C@@H](c2ccccc2)O[C@@H](C2CC2)C1. The number of nitrogens with zero attached hydrogens (tertiary/aromatic N) is 5. The highest BCUT2D eigenvalue weighted by Crippen LogP contribution is 2.39. The van der Waals surface area contributed by atoms with Gasteiger partial charge in [0.25, 0.3) is 0 Å². The molecule has 2 aliphatic rings. The number of hydrogen-bond donors (Lipinski definition) is 1. The number of benzene rings is 1. The number of amides is 1. The maximum atomic E-state index is 12.7. The summed E-state index contributed by atoms with van der Waals surface area (Å²) in [4.78, 5) is 14.5. The lowest BCUT2D eigenvalue weighted by molar-refractivity contribution is -0.148. The average molecular weight is 328 g/mol. The van der Waals surface area contributed by atoms with Crippen molar-refractivity contribution in [2.45, 2.75) is 31.6 Å². The van der Waals surface area contributed by atoms with E-state index in [1.54, 1.807) is 0 Å². The molecule has 1 amide bonds. The zero-order valence-electron chi connectivity index (χ0n) is 13.3. The van der Waals surface area contributed by atoms with Crippen molar-refractivity contribution in [3.8, 4) is 0 Å². The molecule has 2 aromatic rings. The number of morpholine rings is 1. The number of tetrazole rings is 1. The lowest BCUT2D eigenvalue weighted by Gasteiger charge is -2.38. The zero-order valence-corrected chi connectivity index (χ0v) is 13.3. The van der Waals surface area contributed by atoms with E-state index in [-0.39, 0.29) is 30.6 Å². The van der Waals surface area contributed by atoms with Gasteiger partial charge in [0.05, 0.1) is 12.6 Å². The molecule has 0 unspecified atom stereocenters. The van der Waals surface area contributed by atoms with Gasteiger partial charge in [-0.2, -0.15) is 0 Å². The summed E-state index contributed by atoms with van der Waals surface area (Å²) in [5.74, 6) is 0.670. The number of carbonyl (C=O) groups is 1. The van der Waals surface area contributed by atoms with E-state index in [0.717, 1.165) is 5.56 Å². The van der Waals surface area contributed by atoms with E-state index in [2.05, 4.69) is 15.5 Å². The van der Waals surface area contributed by atoms with Gasteiger partial charge in [0.15, 0.2) is 0 Å². The molecular formula is C16H20N6O2. The van der Waals surface area contributed by atoms with Crippen LogP contribution in [0.1, 0.15) is 24.5 Å². The normalized spacial score (nSPS) is 24.1. The molecule has 2 heterocycles. The maximum absolute atomic E-state index is 12.7. The number of carbonyl (C=O) groups excluding carboxylic acids is 1. The standard InChI is InChI=1S/C16H20N6O2/c17-16-18-19-20-22(16)10-15(23)21-8-13(11-4-2-1-3-5-11)24-14(9-21)12-6-7-12/h1-5,12-14H,6-10H2,(H2,17,18,20)/t13-,14+/m0/s1. The summed E-state index contributed by atoms with van der Waals surface area (Å²) >= 11 is 0. The van der Waals surface area contributed by atoms with Crippen molar-refractivity contribution in [1.82, 2.24) is 25.1 Å². The van der Waals surface area contributed by atoms with Crippen LogP contribution >= 0.6 is 0 Å². The van der Waals surface area contributed by atoms with Gasteiger partial charge in [0, 0.05) is 6.54 Å². The summed E-state index contributed by atoms with van der Waals surface area (Å²) in [7, 11) is 0. The van der Waals surface area contributed by atoms with Crippen LogP contribution in [0, 0.1) is 5.92 Å². The number of anilines is 1. The number of nitrogens with two attached hydrogens (primary N) is 1. The molecule has 8 heteroatoms. The molecule has 0 bridgehead atoms.